The standard InChI is InChI=1S/C15H27N3O/c1-15(2,3)13-10-17-14(19-13)11-18-7-5-12(6-8-18)9-16-4/h10,12,16H,5-9,11H2,1-4H3. The summed E-state index contributed by atoms with van der Waals surface area (Å²) in [5.74, 6) is 2.67. The lowest BCUT2D eigenvalue weighted by Crippen LogP contribution is -2.36. The summed E-state index contributed by atoms with van der Waals surface area (Å²) in [5.41, 5.74) is 0.0467. The molecule has 0 saturated carbocycles. The van der Waals surface area contributed by atoms with Crippen LogP contribution >= 0.6 is 0 Å². The van der Waals surface area contributed by atoms with Gasteiger partial charge in [-0.25, -0.2) is 4.98 Å². The highest BCUT2D eigenvalue weighted by molar-refractivity contribution is 5.06. The van der Waals surface area contributed by atoms with Gasteiger partial charge in [-0.1, -0.05) is 20.8 Å². The summed E-state index contributed by atoms with van der Waals surface area (Å²) in [7, 11) is 2.03. The van der Waals surface area contributed by atoms with Gasteiger partial charge >= 0.3 is 0 Å². The van der Waals surface area contributed by atoms with Crippen molar-refractivity contribution in [1.29, 1.82) is 0 Å². The molecule has 2 rings (SSSR count). The fourth-order valence-corrected chi connectivity index (χ4v) is 2.56. The second-order valence-electron chi connectivity index (χ2n) is 6.65. The summed E-state index contributed by atoms with van der Waals surface area (Å²) < 4.78 is 5.86. The van der Waals surface area contributed by atoms with Crippen LogP contribution in [-0.4, -0.2) is 36.6 Å². The molecule has 1 aliphatic heterocycles. The number of rotatable bonds is 4. The molecule has 0 unspecified atom stereocenters. The van der Waals surface area contributed by atoms with Gasteiger partial charge in [-0.2, -0.15) is 0 Å². The predicted molar refractivity (Wildman–Crippen MR) is 77.1 cm³/mol. The Hall–Kier alpha value is -0.870. The molecule has 19 heavy (non-hydrogen) atoms. The molecule has 0 bridgehead atoms. The Balaban J connectivity index is 1.84. The van der Waals surface area contributed by atoms with Crippen LogP contribution in [0.25, 0.3) is 0 Å². The molecule has 1 aliphatic rings. The fourth-order valence-electron chi connectivity index (χ4n) is 2.56. The van der Waals surface area contributed by atoms with E-state index in [1.807, 2.05) is 13.2 Å². The molecule has 1 saturated heterocycles. The summed E-state index contributed by atoms with van der Waals surface area (Å²) in [6.45, 7) is 10.8. The molecule has 1 aromatic rings. The van der Waals surface area contributed by atoms with Crippen molar-refractivity contribution in [2.45, 2.75) is 45.6 Å². The molecular weight excluding hydrogens is 238 g/mol. The first-order valence-electron chi connectivity index (χ1n) is 7.31. The van der Waals surface area contributed by atoms with Crippen LogP contribution in [0.2, 0.25) is 0 Å². The number of aromatic nitrogens is 1. The number of oxazole rings is 1. The molecule has 1 N–H and O–H groups in total. The Bertz CT molecular complexity index is 386. The van der Waals surface area contributed by atoms with Crippen LogP contribution in [0, 0.1) is 5.92 Å². The van der Waals surface area contributed by atoms with Crippen molar-refractivity contribution in [3.63, 3.8) is 0 Å². The Morgan fingerprint density at radius 3 is 2.58 bits per heavy atom. The van der Waals surface area contributed by atoms with Gasteiger partial charge in [0.05, 0.1) is 12.7 Å². The van der Waals surface area contributed by atoms with E-state index in [0.717, 1.165) is 43.7 Å². The number of piperidine rings is 1. The van der Waals surface area contributed by atoms with Gasteiger partial charge in [0.15, 0.2) is 0 Å². The van der Waals surface area contributed by atoms with Crippen molar-refractivity contribution in [2.75, 3.05) is 26.7 Å². The van der Waals surface area contributed by atoms with E-state index in [2.05, 4.69) is 36.0 Å². The van der Waals surface area contributed by atoms with Crippen LogP contribution < -0.4 is 5.32 Å². The molecule has 4 heteroatoms. The van der Waals surface area contributed by atoms with E-state index in [1.165, 1.54) is 12.8 Å². The topological polar surface area (TPSA) is 41.3 Å². The van der Waals surface area contributed by atoms with Gasteiger partial charge in [0.1, 0.15) is 5.76 Å². The zero-order valence-electron chi connectivity index (χ0n) is 12.7. The van der Waals surface area contributed by atoms with E-state index in [0.29, 0.717) is 0 Å². The van der Waals surface area contributed by atoms with Gasteiger partial charge in [-0.05, 0) is 45.4 Å². The Morgan fingerprint density at radius 1 is 1.37 bits per heavy atom. The van der Waals surface area contributed by atoms with Crippen molar-refractivity contribution >= 4 is 0 Å². The second kappa shape index (κ2) is 6.06. The molecule has 0 radical (unpaired) electrons. The highest BCUT2D eigenvalue weighted by Crippen LogP contribution is 2.24. The van der Waals surface area contributed by atoms with E-state index >= 15 is 0 Å². The second-order valence-corrected chi connectivity index (χ2v) is 6.65. The van der Waals surface area contributed by atoms with E-state index in [9.17, 15) is 0 Å². The molecule has 108 valence electrons. The monoisotopic (exact) mass is 265 g/mol. The summed E-state index contributed by atoms with van der Waals surface area (Å²) in [5, 5.41) is 3.27. The summed E-state index contributed by atoms with van der Waals surface area (Å²) >= 11 is 0. The highest BCUT2D eigenvalue weighted by Gasteiger charge is 2.22. The SMILES string of the molecule is CNCC1CCN(Cc2ncc(C(C)(C)C)o2)CC1. The maximum absolute atomic E-state index is 5.86. The normalized spacial score (nSPS) is 18.9. The smallest absolute Gasteiger partial charge is 0.208 e. The van der Waals surface area contributed by atoms with Crippen molar-refractivity contribution in [1.82, 2.24) is 15.2 Å². The Morgan fingerprint density at radius 2 is 2.05 bits per heavy atom. The summed E-state index contributed by atoms with van der Waals surface area (Å²) in [6.07, 6.45) is 4.42. The maximum atomic E-state index is 5.86. The highest BCUT2D eigenvalue weighted by atomic mass is 16.4. The van der Waals surface area contributed by atoms with Gasteiger partial charge in [-0.15, -0.1) is 0 Å². The average molecular weight is 265 g/mol. The quantitative estimate of drug-likeness (QED) is 0.907. The zero-order valence-corrected chi connectivity index (χ0v) is 12.7. The molecule has 0 aromatic carbocycles. The minimum absolute atomic E-state index is 0.0467. The maximum Gasteiger partial charge on any atom is 0.208 e. The third-order valence-electron chi connectivity index (χ3n) is 3.85. The van der Waals surface area contributed by atoms with Gasteiger partial charge in [0.2, 0.25) is 5.89 Å². The lowest BCUT2D eigenvalue weighted by Gasteiger charge is -2.30. The van der Waals surface area contributed by atoms with Crippen LogP contribution in [0.15, 0.2) is 10.6 Å². The largest absolute Gasteiger partial charge is 0.444 e. The molecular formula is C15H27N3O. The third-order valence-corrected chi connectivity index (χ3v) is 3.85. The zero-order chi connectivity index (χ0) is 13.9. The molecule has 0 spiro atoms. The average Bonchev–Trinajstić information content (AvgIpc) is 2.80. The molecule has 4 nitrogen and oxygen atoms in total. The van der Waals surface area contributed by atoms with Gasteiger partial charge in [0, 0.05) is 5.41 Å². The van der Waals surface area contributed by atoms with Crippen LogP contribution in [-0.2, 0) is 12.0 Å². The molecule has 1 fully saturated rings. The minimum atomic E-state index is 0.0467. The molecule has 0 amide bonds. The van der Waals surface area contributed by atoms with Crippen molar-refractivity contribution in [2.24, 2.45) is 5.92 Å². The fraction of sp³-hybridized carbons (Fsp3) is 0.800. The molecule has 0 atom stereocenters. The summed E-state index contributed by atoms with van der Waals surface area (Å²) in [6, 6.07) is 0. The Kier molecular flexibility index (Phi) is 4.63. The van der Waals surface area contributed by atoms with Crippen LogP contribution in [0.3, 0.4) is 0 Å². The number of nitrogens with zero attached hydrogens (tertiary/aromatic N) is 2. The first kappa shape index (κ1) is 14.5. The molecule has 0 aliphatic carbocycles. The molecule has 2 heterocycles. The van der Waals surface area contributed by atoms with Crippen molar-refractivity contribution in [3.05, 3.63) is 17.8 Å². The summed E-state index contributed by atoms with van der Waals surface area (Å²) in [4.78, 5) is 6.86. The number of nitrogens with one attached hydrogen (secondary N) is 1. The molecule has 1 aromatic heterocycles. The van der Waals surface area contributed by atoms with Crippen LogP contribution in [0.4, 0.5) is 0 Å². The first-order chi connectivity index (χ1) is 8.99. The lowest BCUT2D eigenvalue weighted by molar-refractivity contribution is 0.161. The number of hydrogen-bond acceptors (Lipinski definition) is 4. The van der Waals surface area contributed by atoms with Crippen molar-refractivity contribution < 1.29 is 4.42 Å². The predicted octanol–water partition coefficient (Wildman–Crippen LogP) is 2.40. The van der Waals surface area contributed by atoms with Crippen molar-refractivity contribution in [3.8, 4) is 0 Å². The first-order valence-corrected chi connectivity index (χ1v) is 7.31. The van der Waals surface area contributed by atoms with Gasteiger partial charge < -0.3 is 9.73 Å². The number of hydrogen-bond donors (Lipinski definition) is 1. The van der Waals surface area contributed by atoms with E-state index in [1.54, 1.807) is 0 Å². The third kappa shape index (κ3) is 4.05. The Labute approximate surface area is 116 Å². The number of likely N-dealkylation sites (tertiary alicyclic amines) is 1. The van der Waals surface area contributed by atoms with Gasteiger partial charge in [-0.3, -0.25) is 4.90 Å². The van der Waals surface area contributed by atoms with E-state index < -0.39 is 0 Å². The van der Waals surface area contributed by atoms with E-state index in [4.69, 9.17) is 4.42 Å². The lowest BCUT2D eigenvalue weighted by atomic mass is 9.94. The van der Waals surface area contributed by atoms with Crippen LogP contribution in [0.1, 0.15) is 45.3 Å². The van der Waals surface area contributed by atoms with E-state index in [-0.39, 0.29) is 5.41 Å². The van der Waals surface area contributed by atoms with Crippen LogP contribution in [0.5, 0.6) is 0 Å². The minimum Gasteiger partial charge on any atom is -0.444 e. The van der Waals surface area contributed by atoms with Gasteiger partial charge in [0.25, 0.3) is 0 Å².